The maximum absolute atomic E-state index is 14.8. The molecule has 0 saturated heterocycles. The third-order valence-corrected chi connectivity index (χ3v) is 9.80. The number of halogens is 4. The van der Waals surface area contributed by atoms with Gasteiger partial charge in [-0.15, -0.1) is 0 Å². The molecule has 6 nitrogen and oxygen atoms in total. The minimum atomic E-state index is -0.924. The summed E-state index contributed by atoms with van der Waals surface area (Å²) in [5.74, 6) is 7.14. The van der Waals surface area contributed by atoms with Gasteiger partial charge in [0, 0.05) is 44.8 Å². The smallest absolute Gasteiger partial charge is 0.261 e. The number of nitrogens with zero attached hydrogens (tertiary/aromatic N) is 2. The van der Waals surface area contributed by atoms with E-state index in [1.54, 1.807) is 13.8 Å². The maximum atomic E-state index is 14.8. The van der Waals surface area contributed by atoms with Gasteiger partial charge in [0.25, 0.3) is 22.2 Å². The van der Waals surface area contributed by atoms with Crippen LogP contribution in [-0.2, 0) is 0 Å². The highest BCUT2D eigenvalue weighted by Crippen LogP contribution is 2.36. The Morgan fingerprint density at radius 2 is 0.712 bits per heavy atom. The lowest BCUT2D eigenvalue weighted by atomic mass is 9.89. The summed E-state index contributed by atoms with van der Waals surface area (Å²) in [6, 6.07) is 11.4. The molecule has 2 heterocycles. The summed E-state index contributed by atoms with van der Waals surface area (Å²) in [6.07, 6.45) is 0.956. The van der Waals surface area contributed by atoms with Crippen LogP contribution in [0.3, 0.4) is 0 Å². The minimum Gasteiger partial charge on any atom is -0.272 e. The number of benzene rings is 5. The van der Waals surface area contributed by atoms with Crippen molar-refractivity contribution in [2.45, 2.75) is 52.6 Å². The van der Waals surface area contributed by atoms with Crippen molar-refractivity contribution in [3.8, 4) is 23.7 Å². The normalized spacial score (nSPS) is 12.6. The van der Waals surface area contributed by atoms with Gasteiger partial charge in [0.1, 0.15) is 23.3 Å². The second kappa shape index (κ2) is 12.8. The number of fused-ring (bicyclic) bond motifs is 4. The van der Waals surface area contributed by atoms with Crippen LogP contribution in [0.5, 0.6) is 0 Å². The predicted molar refractivity (Wildman–Crippen MR) is 195 cm³/mol. The zero-order valence-corrected chi connectivity index (χ0v) is 28.4. The molecule has 0 spiro atoms. The van der Waals surface area contributed by atoms with Crippen LogP contribution in [0.2, 0.25) is 0 Å². The maximum Gasteiger partial charge on any atom is 0.261 e. The molecule has 5 aromatic carbocycles. The van der Waals surface area contributed by atoms with Gasteiger partial charge in [-0.1, -0.05) is 49.7 Å². The highest BCUT2D eigenvalue weighted by Gasteiger charge is 2.24. The summed E-state index contributed by atoms with van der Waals surface area (Å²) in [4.78, 5) is 54.8. The zero-order valence-electron chi connectivity index (χ0n) is 28.4. The Labute approximate surface area is 293 Å². The SMILES string of the molecule is CCC(C)n1c(=O)c2cc3c(C#Cc4c(F)cccc4F)c4cc5c(=O)n(C(C)CC)c(=O)c5cc4c(C#Cc4c(F)cccc4F)c3cc2c1=O. The molecule has 2 aromatic heterocycles. The van der Waals surface area contributed by atoms with E-state index in [4.69, 9.17) is 0 Å². The van der Waals surface area contributed by atoms with Crippen LogP contribution in [0.1, 0.15) is 74.9 Å². The third kappa shape index (κ3) is 5.22. The Morgan fingerprint density at radius 3 is 0.962 bits per heavy atom. The second-order valence-corrected chi connectivity index (χ2v) is 12.8. The first kappa shape index (κ1) is 34.2. The summed E-state index contributed by atoms with van der Waals surface area (Å²) in [5.41, 5.74) is -3.07. The number of rotatable bonds is 4. The van der Waals surface area contributed by atoms with E-state index >= 15 is 0 Å². The molecule has 7 aromatic rings. The second-order valence-electron chi connectivity index (χ2n) is 12.8. The Morgan fingerprint density at radius 1 is 0.462 bits per heavy atom. The van der Waals surface area contributed by atoms with Crippen molar-refractivity contribution in [1.82, 2.24) is 9.13 Å². The average Bonchev–Trinajstić information content (AvgIpc) is 3.52. The third-order valence-electron chi connectivity index (χ3n) is 9.80. The van der Waals surface area contributed by atoms with Crippen LogP contribution < -0.4 is 22.2 Å². The van der Waals surface area contributed by atoms with Crippen LogP contribution in [0, 0.1) is 47.0 Å². The van der Waals surface area contributed by atoms with Crippen molar-refractivity contribution in [3.05, 3.63) is 148 Å². The quantitative estimate of drug-likeness (QED) is 0.108. The van der Waals surface area contributed by atoms with E-state index < -0.39 is 68.7 Å². The minimum absolute atomic E-state index is 0.0479. The summed E-state index contributed by atoms with van der Waals surface area (Å²) >= 11 is 0. The fourth-order valence-corrected chi connectivity index (χ4v) is 6.65. The first-order valence-electron chi connectivity index (χ1n) is 16.7. The number of hydrogen-bond acceptors (Lipinski definition) is 4. The van der Waals surface area contributed by atoms with Gasteiger partial charge in [0.15, 0.2) is 0 Å². The molecule has 0 aliphatic heterocycles. The summed E-state index contributed by atoms with van der Waals surface area (Å²) in [7, 11) is 0. The van der Waals surface area contributed by atoms with Crippen molar-refractivity contribution in [3.63, 3.8) is 0 Å². The molecule has 0 radical (unpaired) electrons. The van der Waals surface area contributed by atoms with Gasteiger partial charge >= 0.3 is 0 Å². The number of aromatic nitrogens is 2. The Kier molecular flexibility index (Phi) is 8.43. The molecule has 10 heteroatoms. The van der Waals surface area contributed by atoms with E-state index in [9.17, 15) is 36.7 Å². The molecule has 52 heavy (non-hydrogen) atoms. The predicted octanol–water partition coefficient (Wildman–Crippen LogP) is 7.52. The van der Waals surface area contributed by atoms with Crippen LogP contribution in [0.15, 0.2) is 79.8 Å². The van der Waals surface area contributed by atoms with E-state index in [2.05, 4.69) is 23.7 Å². The Bertz CT molecular complexity index is 2650. The molecule has 0 bridgehead atoms. The summed E-state index contributed by atoms with van der Waals surface area (Å²) in [5, 5.41) is 1.07. The van der Waals surface area contributed by atoms with Gasteiger partial charge in [-0.2, -0.15) is 0 Å². The van der Waals surface area contributed by atoms with E-state index in [-0.39, 0.29) is 54.2 Å². The summed E-state index contributed by atoms with van der Waals surface area (Å²) < 4.78 is 61.6. The summed E-state index contributed by atoms with van der Waals surface area (Å²) in [6.45, 7) is 7.11. The Hall–Kier alpha value is -6.26. The molecule has 0 aliphatic rings. The molecule has 258 valence electrons. The molecule has 0 aliphatic carbocycles. The molecule has 0 N–H and O–H groups in total. The van der Waals surface area contributed by atoms with Crippen molar-refractivity contribution >= 4 is 43.1 Å². The van der Waals surface area contributed by atoms with Gasteiger partial charge < -0.3 is 0 Å². The van der Waals surface area contributed by atoms with Gasteiger partial charge in [0.05, 0.1) is 32.7 Å². The van der Waals surface area contributed by atoms with Crippen molar-refractivity contribution in [2.24, 2.45) is 0 Å². The largest absolute Gasteiger partial charge is 0.272 e. The standard InChI is InChI=1S/C42H28F4N2O4/c1-5-21(3)47-39(49)31-17-27-23(13-15-25-35(43)9-7-10-36(25)44)29-19-33-34(42(52)48(41(33)51)22(4)6-2)20-30(29)24(28(27)18-32(31)40(47)50)14-16-26-37(45)11-8-12-38(26)46/h7-12,17-22H,5-6H2,1-4H3. The van der Waals surface area contributed by atoms with E-state index in [1.165, 1.54) is 36.4 Å². The molecular formula is C42H28F4N2O4. The van der Waals surface area contributed by atoms with Crippen molar-refractivity contribution in [1.29, 1.82) is 0 Å². The van der Waals surface area contributed by atoms with Crippen molar-refractivity contribution in [2.75, 3.05) is 0 Å². The zero-order chi connectivity index (χ0) is 37.2. The lowest BCUT2D eigenvalue weighted by Gasteiger charge is -2.12. The van der Waals surface area contributed by atoms with E-state index in [0.717, 1.165) is 33.4 Å². The fourth-order valence-electron chi connectivity index (χ4n) is 6.65. The highest BCUT2D eigenvalue weighted by atomic mass is 19.1. The van der Waals surface area contributed by atoms with Gasteiger partial charge in [-0.3, -0.25) is 28.3 Å². The van der Waals surface area contributed by atoms with Crippen LogP contribution >= 0.6 is 0 Å². The molecular weight excluding hydrogens is 672 g/mol. The van der Waals surface area contributed by atoms with Crippen LogP contribution in [-0.4, -0.2) is 9.13 Å². The lowest BCUT2D eigenvalue weighted by Crippen LogP contribution is -2.28. The molecule has 0 amide bonds. The van der Waals surface area contributed by atoms with Gasteiger partial charge in [-0.25, -0.2) is 17.6 Å². The van der Waals surface area contributed by atoms with Crippen molar-refractivity contribution < 1.29 is 17.6 Å². The van der Waals surface area contributed by atoms with E-state index in [0.29, 0.717) is 12.8 Å². The van der Waals surface area contributed by atoms with Gasteiger partial charge in [-0.05, 0) is 75.2 Å². The van der Waals surface area contributed by atoms with Gasteiger partial charge in [0.2, 0.25) is 0 Å². The molecule has 0 fully saturated rings. The molecule has 2 unspecified atom stereocenters. The molecule has 7 rings (SSSR count). The first-order valence-corrected chi connectivity index (χ1v) is 16.7. The average molecular weight is 701 g/mol. The lowest BCUT2D eigenvalue weighted by molar-refractivity contribution is 0.510. The Balaban J connectivity index is 1.74. The highest BCUT2D eigenvalue weighted by molar-refractivity contribution is 6.16. The number of hydrogen-bond donors (Lipinski definition) is 0. The monoisotopic (exact) mass is 700 g/mol. The first-order chi connectivity index (χ1) is 24.9. The van der Waals surface area contributed by atoms with Crippen LogP contribution in [0.25, 0.3) is 43.1 Å². The fraction of sp³-hybridized carbons (Fsp3) is 0.190. The van der Waals surface area contributed by atoms with Crippen LogP contribution in [0.4, 0.5) is 17.6 Å². The van der Waals surface area contributed by atoms with E-state index in [1.807, 2.05) is 13.8 Å². The molecule has 2 atom stereocenters. The topological polar surface area (TPSA) is 78.1 Å². The molecule has 0 saturated carbocycles.